The average molecular weight is 520 g/mol. The molecule has 1 aliphatic heterocycles. The third kappa shape index (κ3) is 5.62. The summed E-state index contributed by atoms with van der Waals surface area (Å²) in [7, 11) is 0. The zero-order valence-electron chi connectivity index (χ0n) is 22.4. The lowest BCUT2D eigenvalue weighted by Crippen LogP contribution is -2.35. The average Bonchev–Trinajstić information content (AvgIpc) is 3.64. The number of carbonyl (C=O) groups excluding carboxylic acids is 1. The molecule has 0 radical (unpaired) electrons. The molecule has 7 nitrogen and oxygen atoms in total. The molecule has 3 aromatic carbocycles. The van der Waals surface area contributed by atoms with Gasteiger partial charge >= 0.3 is 0 Å². The van der Waals surface area contributed by atoms with Crippen molar-refractivity contribution < 1.29 is 9.21 Å². The van der Waals surface area contributed by atoms with Crippen molar-refractivity contribution in [1.29, 1.82) is 5.26 Å². The van der Waals surface area contributed by atoms with Crippen molar-refractivity contribution in [3.8, 4) is 28.7 Å². The second-order valence-corrected chi connectivity index (χ2v) is 10.5. The van der Waals surface area contributed by atoms with Crippen LogP contribution in [-0.4, -0.2) is 33.6 Å². The van der Waals surface area contributed by atoms with Crippen LogP contribution in [0.2, 0.25) is 0 Å². The summed E-state index contributed by atoms with van der Waals surface area (Å²) >= 11 is 0. The molecule has 4 aromatic rings. The Morgan fingerprint density at radius 1 is 1.10 bits per heavy atom. The molecule has 0 saturated carbocycles. The fourth-order valence-electron chi connectivity index (χ4n) is 5.43. The molecular weight excluding hydrogens is 486 g/mol. The highest BCUT2D eigenvalue weighted by atomic mass is 16.4. The largest absolute Gasteiger partial charge is 0.419 e. The first-order valence-corrected chi connectivity index (χ1v) is 13.5. The molecular formula is C32H33N5O2. The van der Waals surface area contributed by atoms with Crippen molar-refractivity contribution in [2.45, 2.75) is 57.5 Å². The molecule has 1 amide bonds. The molecule has 1 aromatic heterocycles. The van der Waals surface area contributed by atoms with Gasteiger partial charge in [0.1, 0.15) is 0 Å². The SMILES string of the molecule is CCCC1CCCN1C(=O)c1cc(-c2nnc([C@](C)(N)Cc3ccccc3)o2)cc(-c2ccccc2C#N)c1. The topological polar surface area (TPSA) is 109 Å². The Hall–Kier alpha value is -4.28. The van der Waals surface area contributed by atoms with E-state index in [0.717, 1.165) is 48.9 Å². The molecule has 39 heavy (non-hydrogen) atoms. The minimum absolute atomic E-state index is 0.0176. The van der Waals surface area contributed by atoms with E-state index in [1.807, 2.05) is 78.6 Å². The van der Waals surface area contributed by atoms with E-state index in [-0.39, 0.29) is 17.8 Å². The predicted octanol–water partition coefficient (Wildman–Crippen LogP) is 6.10. The first-order valence-electron chi connectivity index (χ1n) is 13.5. The summed E-state index contributed by atoms with van der Waals surface area (Å²) in [6, 6.07) is 25.4. The highest BCUT2D eigenvalue weighted by Gasteiger charge is 2.31. The van der Waals surface area contributed by atoms with E-state index >= 15 is 0 Å². The van der Waals surface area contributed by atoms with Gasteiger partial charge in [0, 0.05) is 23.7 Å². The summed E-state index contributed by atoms with van der Waals surface area (Å²) in [6.45, 7) is 4.76. The van der Waals surface area contributed by atoms with Crippen LogP contribution >= 0.6 is 0 Å². The number of carbonyl (C=O) groups is 1. The lowest BCUT2D eigenvalue weighted by Gasteiger charge is -2.25. The van der Waals surface area contributed by atoms with Crippen molar-refractivity contribution in [2.75, 3.05) is 6.54 Å². The van der Waals surface area contributed by atoms with E-state index in [2.05, 4.69) is 23.2 Å². The van der Waals surface area contributed by atoms with Crippen LogP contribution in [0.25, 0.3) is 22.6 Å². The number of nitrogens with two attached hydrogens (primary N) is 1. The van der Waals surface area contributed by atoms with Crippen molar-refractivity contribution in [1.82, 2.24) is 15.1 Å². The maximum absolute atomic E-state index is 13.8. The molecule has 2 N–H and O–H groups in total. The number of hydrogen-bond donors (Lipinski definition) is 1. The van der Waals surface area contributed by atoms with Crippen molar-refractivity contribution in [3.05, 3.63) is 95.4 Å². The smallest absolute Gasteiger partial charge is 0.254 e. The quantitative estimate of drug-likeness (QED) is 0.301. The zero-order valence-corrected chi connectivity index (χ0v) is 22.4. The molecule has 0 bridgehead atoms. The Balaban J connectivity index is 1.55. The zero-order chi connectivity index (χ0) is 27.4. The Morgan fingerprint density at radius 3 is 2.62 bits per heavy atom. The van der Waals surface area contributed by atoms with Crippen molar-refractivity contribution >= 4 is 5.91 Å². The van der Waals surface area contributed by atoms with Gasteiger partial charge in [-0.25, -0.2) is 0 Å². The van der Waals surface area contributed by atoms with Gasteiger partial charge in [-0.3, -0.25) is 4.79 Å². The van der Waals surface area contributed by atoms with Gasteiger partial charge in [-0.2, -0.15) is 5.26 Å². The standard InChI is InChI=1S/C32H33N5O2/c1-3-10-27-14-9-16-37(27)30(38)26-18-24(28-15-8-7-13-23(28)21-33)17-25(19-26)29-35-36-31(39-29)32(2,34)20-22-11-5-4-6-12-22/h4-8,11-13,15,17-19,27H,3,9-10,14,16,20,34H2,1-2H3/t27?,32-/m1/s1. The minimum Gasteiger partial charge on any atom is -0.419 e. The van der Waals surface area contributed by atoms with Crippen LogP contribution in [0.3, 0.4) is 0 Å². The number of nitriles is 1. The van der Waals surface area contributed by atoms with E-state index in [9.17, 15) is 10.1 Å². The first-order chi connectivity index (χ1) is 18.9. The summed E-state index contributed by atoms with van der Waals surface area (Å²) in [5.74, 6) is 0.585. The summed E-state index contributed by atoms with van der Waals surface area (Å²) in [6.07, 6.45) is 4.57. The lowest BCUT2D eigenvalue weighted by atomic mass is 9.94. The number of amides is 1. The molecule has 7 heteroatoms. The molecule has 1 fully saturated rings. The van der Waals surface area contributed by atoms with Gasteiger partial charge in [0.05, 0.1) is 17.2 Å². The number of likely N-dealkylation sites (tertiary alicyclic amines) is 1. The molecule has 5 rings (SSSR count). The highest BCUT2D eigenvalue weighted by Crippen LogP contribution is 2.33. The van der Waals surface area contributed by atoms with Crippen LogP contribution in [0.15, 0.2) is 77.2 Å². The molecule has 1 saturated heterocycles. The molecule has 0 aliphatic carbocycles. The van der Waals surface area contributed by atoms with E-state index in [4.69, 9.17) is 10.2 Å². The monoisotopic (exact) mass is 519 g/mol. The Kier molecular flexibility index (Phi) is 7.58. The molecule has 198 valence electrons. The van der Waals surface area contributed by atoms with Crippen LogP contribution < -0.4 is 5.73 Å². The molecule has 1 unspecified atom stereocenters. The number of hydrogen-bond acceptors (Lipinski definition) is 6. The normalized spacial score (nSPS) is 16.6. The predicted molar refractivity (Wildman–Crippen MR) is 151 cm³/mol. The van der Waals surface area contributed by atoms with E-state index in [1.54, 1.807) is 6.07 Å². The fourth-order valence-corrected chi connectivity index (χ4v) is 5.43. The highest BCUT2D eigenvalue weighted by molar-refractivity contribution is 5.97. The van der Waals surface area contributed by atoms with E-state index in [1.165, 1.54) is 0 Å². The van der Waals surface area contributed by atoms with Crippen LogP contribution in [-0.2, 0) is 12.0 Å². The van der Waals surface area contributed by atoms with Crippen LogP contribution in [0.4, 0.5) is 0 Å². The van der Waals surface area contributed by atoms with Crippen LogP contribution in [0.1, 0.15) is 66.9 Å². The van der Waals surface area contributed by atoms with Gasteiger partial charge in [-0.05, 0) is 73.6 Å². The number of benzene rings is 3. The van der Waals surface area contributed by atoms with E-state index < -0.39 is 5.54 Å². The third-order valence-electron chi connectivity index (χ3n) is 7.37. The minimum atomic E-state index is -0.876. The Labute approximate surface area is 229 Å². The van der Waals surface area contributed by atoms with Crippen molar-refractivity contribution in [3.63, 3.8) is 0 Å². The molecule has 1 aliphatic rings. The van der Waals surface area contributed by atoms with E-state index in [0.29, 0.717) is 29.0 Å². The number of aromatic nitrogens is 2. The summed E-state index contributed by atoms with van der Waals surface area (Å²) in [5.41, 5.74) is 10.0. The van der Waals surface area contributed by atoms with Gasteiger partial charge in [0.2, 0.25) is 11.8 Å². The third-order valence-corrected chi connectivity index (χ3v) is 7.37. The van der Waals surface area contributed by atoms with Gasteiger partial charge in [-0.1, -0.05) is 61.9 Å². The summed E-state index contributed by atoms with van der Waals surface area (Å²) in [4.78, 5) is 15.8. The molecule has 2 atom stereocenters. The van der Waals surface area contributed by atoms with Crippen molar-refractivity contribution in [2.24, 2.45) is 5.73 Å². The molecule has 2 heterocycles. The summed E-state index contributed by atoms with van der Waals surface area (Å²) in [5, 5.41) is 18.4. The van der Waals surface area contributed by atoms with Gasteiger partial charge in [0.25, 0.3) is 5.91 Å². The number of nitrogens with zero attached hydrogens (tertiary/aromatic N) is 4. The maximum atomic E-state index is 13.8. The van der Waals surface area contributed by atoms with Gasteiger partial charge < -0.3 is 15.1 Å². The molecule has 0 spiro atoms. The first kappa shape index (κ1) is 26.3. The Morgan fingerprint density at radius 2 is 1.85 bits per heavy atom. The maximum Gasteiger partial charge on any atom is 0.254 e. The second kappa shape index (κ2) is 11.2. The van der Waals surface area contributed by atoms with Crippen LogP contribution in [0, 0.1) is 11.3 Å². The fraction of sp³-hybridized carbons (Fsp3) is 0.312. The Bertz CT molecular complexity index is 1500. The second-order valence-electron chi connectivity index (χ2n) is 10.5. The van der Waals surface area contributed by atoms with Crippen LogP contribution in [0.5, 0.6) is 0 Å². The van der Waals surface area contributed by atoms with Gasteiger partial charge in [0.15, 0.2) is 0 Å². The van der Waals surface area contributed by atoms with Gasteiger partial charge in [-0.15, -0.1) is 10.2 Å². The lowest BCUT2D eigenvalue weighted by molar-refractivity contribution is 0.0730. The summed E-state index contributed by atoms with van der Waals surface area (Å²) < 4.78 is 6.14. The number of rotatable bonds is 8.